The van der Waals surface area contributed by atoms with Crippen molar-refractivity contribution < 1.29 is 24.2 Å². The number of allylic oxidation sites excluding steroid dienone is 3. The number of benzene rings is 1. The molecule has 0 bridgehead atoms. The Morgan fingerprint density at radius 1 is 1.09 bits per heavy atom. The Bertz CT molecular complexity index is 823. The Hall–Kier alpha value is -3.25. The number of aliphatic hydroxyl groups excluding tert-OH is 1. The van der Waals surface area contributed by atoms with Crippen LogP contribution in [0.15, 0.2) is 72.1 Å². The van der Waals surface area contributed by atoms with Crippen LogP contribution in [0.25, 0.3) is 0 Å². The summed E-state index contributed by atoms with van der Waals surface area (Å²) in [6.07, 6.45) is 10.1. The van der Waals surface area contributed by atoms with Crippen molar-refractivity contribution in [2.75, 3.05) is 20.3 Å². The highest BCUT2D eigenvalue weighted by atomic mass is 16.5. The molecule has 0 saturated heterocycles. The molecule has 32 heavy (non-hydrogen) atoms. The van der Waals surface area contributed by atoms with Crippen LogP contribution < -0.4 is 4.74 Å². The number of nitrogens with zero attached hydrogens (tertiary/aromatic N) is 1. The predicted molar refractivity (Wildman–Crippen MR) is 128 cm³/mol. The van der Waals surface area contributed by atoms with Gasteiger partial charge in [0.15, 0.2) is 0 Å². The SMILES string of the molecule is CC(C)=CCC/C(C)=C\CO.CCOC(=O)c1cccnc1.COc1ccc(C=O)cc1. The third-order valence-electron chi connectivity index (χ3n) is 3.96. The summed E-state index contributed by atoms with van der Waals surface area (Å²) in [7, 11) is 1.59. The minimum absolute atomic E-state index is 0.167. The Morgan fingerprint density at radius 2 is 1.78 bits per heavy atom. The van der Waals surface area contributed by atoms with Crippen molar-refractivity contribution in [2.45, 2.75) is 40.5 Å². The quantitative estimate of drug-likeness (QED) is 0.334. The lowest BCUT2D eigenvalue weighted by Gasteiger charge is -1.98. The molecule has 0 aliphatic heterocycles. The van der Waals surface area contributed by atoms with Crippen LogP contribution in [0.3, 0.4) is 0 Å². The van der Waals surface area contributed by atoms with Crippen LogP contribution in [0.5, 0.6) is 5.75 Å². The molecule has 0 amide bonds. The second kappa shape index (κ2) is 18.5. The van der Waals surface area contributed by atoms with E-state index in [1.807, 2.05) is 6.08 Å². The number of aromatic nitrogens is 1. The lowest BCUT2D eigenvalue weighted by Crippen LogP contribution is -2.04. The Morgan fingerprint density at radius 3 is 2.25 bits per heavy atom. The molecular weight excluding hydrogens is 406 g/mol. The van der Waals surface area contributed by atoms with E-state index in [9.17, 15) is 9.59 Å². The average Bonchev–Trinajstić information content (AvgIpc) is 2.80. The molecule has 0 spiro atoms. The van der Waals surface area contributed by atoms with Gasteiger partial charge in [0.05, 0.1) is 25.9 Å². The van der Waals surface area contributed by atoms with Gasteiger partial charge in [-0.3, -0.25) is 9.78 Å². The van der Waals surface area contributed by atoms with Crippen molar-refractivity contribution in [3.63, 3.8) is 0 Å². The van der Waals surface area contributed by atoms with Crippen molar-refractivity contribution in [1.82, 2.24) is 4.98 Å². The van der Waals surface area contributed by atoms with Crippen molar-refractivity contribution in [3.05, 3.63) is 83.2 Å². The summed E-state index contributed by atoms with van der Waals surface area (Å²) in [6, 6.07) is 10.3. The van der Waals surface area contributed by atoms with E-state index in [-0.39, 0.29) is 12.6 Å². The van der Waals surface area contributed by atoms with Gasteiger partial charge in [-0.1, -0.05) is 23.3 Å². The molecule has 1 N–H and O–H groups in total. The standard InChI is InChI=1S/C10H18O.C8H9NO2.C8H8O2/c1-9(2)5-4-6-10(3)7-8-11;1-2-11-8(10)7-4-3-5-9-6-7;1-10-8-4-2-7(6-9)3-5-8/h5,7,11H,4,6,8H2,1-3H3;3-6H,2H2,1H3;2-6H,1H3/b10-7-;;. The number of pyridine rings is 1. The number of hydrogen-bond donors (Lipinski definition) is 1. The van der Waals surface area contributed by atoms with Crippen molar-refractivity contribution in [1.29, 1.82) is 0 Å². The Labute approximate surface area is 191 Å². The van der Waals surface area contributed by atoms with E-state index >= 15 is 0 Å². The van der Waals surface area contributed by atoms with Crippen LogP contribution in [-0.2, 0) is 4.74 Å². The molecule has 0 saturated carbocycles. The summed E-state index contributed by atoms with van der Waals surface area (Å²) in [4.78, 5) is 24.9. The first kappa shape index (κ1) is 28.8. The zero-order valence-corrected chi connectivity index (χ0v) is 19.7. The van der Waals surface area contributed by atoms with Crippen LogP contribution in [-0.4, -0.2) is 42.7 Å². The molecule has 2 aromatic rings. The van der Waals surface area contributed by atoms with E-state index in [2.05, 4.69) is 31.8 Å². The van der Waals surface area contributed by atoms with Gasteiger partial charge in [-0.2, -0.15) is 0 Å². The maximum absolute atomic E-state index is 11.0. The number of carbonyl (C=O) groups excluding carboxylic acids is 2. The highest BCUT2D eigenvalue weighted by molar-refractivity contribution is 5.88. The zero-order chi connectivity index (χ0) is 24.2. The largest absolute Gasteiger partial charge is 0.497 e. The first-order valence-corrected chi connectivity index (χ1v) is 10.4. The predicted octanol–water partition coefficient (Wildman–Crippen LogP) is 5.44. The molecular formula is C26H35NO5. The minimum atomic E-state index is -0.319. The smallest absolute Gasteiger partial charge is 0.339 e. The molecule has 0 aliphatic rings. The summed E-state index contributed by atoms with van der Waals surface area (Å²) < 4.78 is 9.65. The van der Waals surface area contributed by atoms with E-state index in [1.54, 1.807) is 56.6 Å². The molecule has 6 heteroatoms. The van der Waals surface area contributed by atoms with Gasteiger partial charge in [0, 0.05) is 18.0 Å². The molecule has 2 rings (SSSR count). The van der Waals surface area contributed by atoms with E-state index in [1.165, 1.54) is 17.3 Å². The Kier molecular flexibility index (Phi) is 16.6. The normalized spacial score (nSPS) is 9.88. The number of ether oxygens (including phenoxy) is 2. The number of hydrogen-bond acceptors (Lipinski definition) is 6. The molecule has 1 heterocycles. The van der Waals surface area contributed by atoms with Gasteiger partial charge in [-0.25, -0.2) is 4.79 Å². The van der Waals surface area contributed by atoms with Crippen LogP contribution >= 0.6 is 0 Å². The fraction of sp³-hybridized carbons (Fsp3) is 0.346. The van der Waals surface area contributed by atoms with E-state index < -0.39 is 0 Å². The lowest BCUT2D eigenvalue weighted by molar-refractivity contribution is 0.0525. The fourth-order valence-corrected chi connectivity index (χ4v) is 2.23. The number of rotatable bonds is 8. The highest BCUT2D eigenvalue weighted by Gasteiger charge is 2.03. The minimum Gasteiger partial charge on any atom is -0.497 e. The molecule has 0 atom stereocenters. The number of carbonyl (C=O) groups is 2. The molecule has 0 aliphatic carbocycles. The third-order valence-corrected chi connectivity index (χ3v) is 3.96. The van der Waals surface area contributed by atoms with Crippen molar-refractivity contribution in [3.8, 4) is 5.75 Å². The van der Waals surface area contributed by atoms with Crippen molar-refractivity contribution >= 4 is 12.3 Å². The number of aldehydes is 1. The van der Waals surface area contributed by atoms with Crippen LogP contribution in [0, 0.1) is 0 Å². The van der Waals surface area contributed by atoms with E-state index in [0.29, 0.717) is 17.7 Å². The number of esters is 1. The maximum atomic E-state index is 11.0. The summed E-state index contributed by atoms with van der Waals surface area (Å²) in [6.45, 7) is 8.59. The molecule has 6 nitrogen and oxygen atoms in total. The molecule has 1 aromatic heterocycles. The van der Waals surface area contributed by atoms with Gasteiger partial charge < -0.3 is 14.6 Å². The third kappa shape index (κ3) is 14.7. The molecule has 0 fully saturated rings. The Balaban J connectivity index is 0.000000451. The number of methoxy groups -OCH3 is 1. The van der Waals surface area contributed by atoms with Crippen LogP contribution in [0.1, 0.15) is 61.3 Å². The topological polar surface area (TPSA) is 85.7 Å². The maximum Gasteiger partial charge on any atom is 0.339 e. The monoisotopic (exact) mass is 441 g/mol. The van der Waals surface area contributed by atoms with Gasteiger partial charge in [-0.15, -0.1) is 0 Å². The van der Waals surface area contributed by atoms with Crippen molar-refractivity contribution in [2.24, 2.45) is 0 Å². The van der Waals surface area contributed by atoms with Gasteiger partial charge in [0.25, 0.3) is 0 Å². The second-order valence-electron chi connectivity index (χ2n) is 6.91. The van der Waals surface area contributed by atoms with E-state index in [4.69, 9.17) is 14.6 Å². The molecule has 0 radical (unpaired) electrons. The van der Waals surface area contributed by atoms with Gasteiger partial charge in [0.2, 0.25) is 0 Å². The molecule has 174 valence electrons. The summed E-state index contributed by atoms with van der Waals surface area (Å²) in [5.74, 6) is 0.450. The average molecular weight is 442 g/mol. The molecule has 0 unspecified atom stereocenters. The summed E-state index contributed by atoms with van der Waals surface area (Å²) in [5, 5.41) is 8.55. The summed E-state index contributed by atoms with van der Waals surface area (Å²) >= 11 is 0. The first-order chi connectivity index (χ1) is 15.4. The van der Waals surface area contributed by atoms with Gasteiger partial charge in [0.1, 0.15) is 12.0 Å². The number of aliphatic hydroxyl groups is 1. The lowest BCUT2D eigenvalue weighted by atomic mass is 10.1. The van der Waals surface area contributed by atoms with Gasteiger partial charge in [-0.05, 0) is 76.9 Å². The molecule has 1 aromatic carbocycles. The summed E-state index contributed by atoms with van der Waals surface area (Å²) in [5.41, 5.74) is 3.79. The van der Waals surface area contributed by atoms with Crippen LogP contribution in [0.2, 0.25) is 0 Å². The fourth-order valence-electron chi connectivity index (χ4n) is 2.23. The first-order valence-electron chi connectivity index (χ1n) is 10.4. The van der Waals surface area contributed by atoms with Crippen LogP contribution in [0.4, 0.5) is 0 Å². The zero-order valence-electron chi connectivity index (χ0n) is 19.7. The van der Waals surface area contributed by atoms with Gasteiger partial charge >= 0.3 is 5.97 Å². The highest BCUT2D eigenvalue weighted by Crippen LogP contribution is 2.09. The second-order valence-corrected chi connectivity index (χ2v) is 6.91. The van der Waals surface area contributed by atoms with E-state index in [0.717, 1.165) is 24.9 Å².